The Morgan fingerprint density at radius 3 is 2.38 bits per heavy atom. The van der Waals surface area contributed by atoms with Crippen molar-refractivity contribution in [3.8, 4) is 11.5 Å². The predicted molar refractivity (Wildman–Crippen MR) is 145 cm³/mol. The topological polar surface area (TPSA) is 161 Å². The zero-order chi connectivity index (χ0) is 28.6. The van der Waals surface area contributed by atoms with Crippen LogP contribution in [-0.4, -0.2) is 42.7 Å². The van der Waals surface area contributed by atoms with Crippen LogP contribution in [0.1, 0.15) is 78.7 Å². The second kappa shape index (κ2) is 7.52. The van der Waals surface area contributed by atoms with E-state index in [4.69, 9.17) is 5.73 Å². The van der Waals surface area contributed by atoms with Gasteiger partial charge in [-0.15, -0.1) is 0 Å². The number of phenols is 2. The van der Waals surface area contributed by atoms with E-state index in [1.807, 2.05) is 6.92 Å². The first kappa shape index (κ1) is 25.6. The van der Waals surface area contributed by atoms with E-state index in [0.29, 0.717) is 17.4 Å². The highest BCUT2D eigenvalue weighted by molar-refractivity contribution is 6.27. The average molecular weight is 532 g/mol. The standard InChI is InChI=1S/C31H33NO7/c1-12-9-17(33)22-20-15(11-30(24(12)20)13(2)7-6-8-29(30,4)5)21-23(26(22)36)28(38)31(39)16(25(21)35)10-18(34)19(14(3)32)27(31)37/h7,9,16,25,33-36,39H,3,6,8,10-11,32H2,1-2,4-5H3/t16-,25+,30+,31-/m1/s1. The minimum Gasteiger partial charge on any atom is -0.511 e. The Morgan fingerprint density at radius 1 is 1.10 bits per heavy atom. The summed E-state index contributed by atoms with van der Waals surface area (Å²) in [6.07, 6.45) is 2.42. The molecule has 39 heavy (non-hydrogen) atoms. The minimum atomic E-state index is -2.78. The molecule has 8 heteroatoms. The van der Waals surface area contributed by atoms with Gasteiger partial charge >= 0.3 is 0 Å². The number of nitrogens with two attached hydrogens (primary N) is 1. The van der Waals surface area contributed by atoms with Crippen molar-refractivity contribution in [1.82, 2.24) is 0 Å². The van der Waals surface area contributed by atoms with Crippen LogP contribution in [0, 0.1) is 18.3 Å². The lowest BCUT2D eigenvalue weighted by Crippen LogP contribution is -2.60. The van der Waals surface area contributed by atoms with Crippen molar-refractivity contribution in [3.05, 3.63) is 69.1 Å². The lowest BCUT2D eigenvalue weighted by Gasteiger charge is -2.50. The van der Waals surface area contributed by atoms with Crippen LogP contribution in [0.4, 0.5) is 0 Å². The second-order valence-corrected chi connectivity index (χ2v) is 12.4. The lowest BCUT2D eigenvalue weighted by molar-refractivity contribution is -0.142. The third-order valence-electron chi connectivity index (χ3n) is 10.2. The Morgan fingerprint density at radius 2 is 1.77 bits per heavy atom. The summed E-state index contributed by atoms with van der Waals surface area (Å²) in [6.45, 7) is 11.8. The molecule has 0 amide bonds. The number of aryl methyl sites for hydroxylation is 1. The summed E-state index contributed by atoms with van der Waals surface area (Å²) < 4.78 is 0. The Kier molecular flexibility index (Phi) is 4.94. The van der Waals surface area contributed by atoms with E-state index in [9.17, 15) is 35.1 Å². The molecule has 0 saturated carbocycles. The largest absolute Gasteiger partial charge is 0.511 e. The fraction of sp³-hybridized carbons (Fsp3) is 0.419. The smallest absolute Gasteiger partial charge is 0.208 e. The Hall–Kier alpha value is -3.62. The molecule has 0 saturated heterocycles. The summed E-state index contributed by atoms with van der Waals surface area (Å²) in [7, 11) is 0. The summed E-state index contributed by atoms with van der Waals surface area (Å²) in [6, 6.07) is 1.57. The highest BCUT2D eigenvalue weighted by atomic mass is 16.3. The Balaban J connectivity index is 1.73. The third-order valence-corrected chi connectivity index (χ3v) is 10.2. The van der Waals surface area contributed by atoms with Crippen molar-refractivity contribution in [2.75, 3.05) is 0 Å². The third kappa shape index (κ3) is 2.71. The number of ketones is 2. The van der Waals surface area contributed by atoms with Gasteiger partial charge in [-0.3, -0.25) is 9.59 Å². The molecule has 0 aromatic heterocycles. The summed E-state index contributed by atoms with van der Waals surface area (Å²) in [5.41, 5.74) is 4.60. The number of aliphatic hydroxyl groups is 3. The molecular formula is C31H33NO7. The lowest BCUT2D eigenvalue weighted by atomic mass is 9.53. The van der Waals surface area contributed by atoms with Gasteiger partial charge in [0, 0.05) is 23.5 Å². The summed E-state index contributed by atoms with van der Waals surface area (Å²) in [5, 5.41) is 57.4. The van der Waals surface area contributed by atoms with Crippen molar-refractivity contribution in [3.63, 3.8) is 0 Å². The van der Waals surface area contributed by atoms with Crippen molar-refractivity contribution >= 4 is 22.3 Å². The molecule has 1 spiro atoms. The van der Waals surface area contributed by atoms with Crippen molar-refractivity contribution in [1.29, 1.82) is 0 Å². The van der Waals surface area contributed by atoms with E-state index in [-0.39, 0.29) is 34.2 Å². The Bertz CT molecular complexity index is 1640. The quantitative estimate of drug-likeness (QED) is 0.238. The molecule has 4 aliphatic carbocycles. The van der Waals surface area contributed by atoms with Crippen LogP contribution in [0.5, 0.6) is 11.5 Å². The molecule has 204 valence electrons. The highest BCUT2D eigenvalue weighted by Crippen LogP contribution is 2.65. The molecule has 0 bridgehead atoms. The predicted octanol–water partition coefficient (Wildman–Crippen LogP) is 3.95. The van der Waals surface area contributed by atoms with E-state index < -0.39 is 57.2 Å². The van der Waals surface area contributed by atoms with Crippen LogP contribution in [0.15, 0.2) is 41.3 Å². The molecule has 0 aliphatic heterocycles. The van der Waals surface area contributed by atoms with Crippen LogP contribution >= 0.6 is 0 Å². The van der Waals surface area contributed by atoms with Gasteiger partial charge in [0.05, 0.1) is 22.6 Å². The number of phenolic OH excluding ortho intramolecular Hbond substituents is 2. The zero-order valence-electron chi connectivity index (χ0n) is 22.5. The number of allylic oxidation sites excluding steroid dienone is 4. The van der Waals surface area contributed by atoms with Gasteiger partial charge in [0.2, 0.25) is 11.6 Å². The molecule has 6 rings (SSSR count). The number of rotatable bonds is 1. The molecule has 0 unspecified atom stereocenters. The van der Waals surface area contributed by atoms with E-state index in [0.717, 1.165) is 29.5 Å². The van der Waals surface area contributed by atoms with Gasteiger partial charge in [0.1, 0.15) is 17.3 Å². The minimum absolute atomic E-state index is 0.0584. The van der Waals surface area contributed by atoms with Crippen LogP contribution in [-0.2, 0) is 16.6 Å². The number of hydrogen-bond acceptors (Lipinski definition) is 8. The molecular weight excluding hydrogens is 498 g/mol. The summed E-state index contributed by atoms with van der Waals surface area (Å²) in [5.74, 6) is -4.97. The summed E-state index contributed by atoms with van der Waals surface area (Å²) >= 11 is 0. The van der Waals surface area contributed by atoms with E-state index in [2.05, 4.69) is 33.4 Å². The SMILES string of the molecule is C=C(N)C1=C(O)C[C@@H]2[C@H](O)c3c(c(O)c4c(O)cc(C)c5c4c3C[C@]53C(C)=CCCC3(C)C)C(=O)[C@]2(O)C1=O. The number of carbonyl (C=O) groups is 2. The maximum absolute atomic E-state index is 14.1. The number of fused-ring (bicyclic) bond motifs is 4. The first-order valence-electron chi connectivity index (χ1n) is 13.2. The van der Waals surface area contributed by atoms with Gasteiger partial charge in [0.25, 0.3) is 0 Å². The number of benzene rings is 2. The second-order valence-electron chi connectivity index (χ2n) is 12.4. The average Bonchev–Trinajstić information content (AvgIpc) is 3.19. The molecule has 2 aromatic rings. The first-order valence-corrected chi connectivity index (χ1v) is 13.2. The summed E-state index contributed by atoms with van der Waals surface area (Å²) in [4.78, 5) is 27.5. The van der Waals surface area contributed by atoms with E-state index in [1.165, 1.54) is 0 Å². The molecule has 7 N–H and O–H groups in total. The van der Waals surface area contributed by atoms with Gasteiger partial charge in [0.15, 0.2) is 5.60 Å². The van der Waals surface area contributed by atoms with Crippen LogP contribution < -0.4 is 5.73 Å². The van der Waals surface area contributed by atoms with Crippen molar-refractivity contribution < 1.29 is 35.1 Å². The van der Waals surface area contributed by atoms with Crippen molar-refractivity contribution in [2.24, 2.45) is 17.1 Å². The van der Waals surface area contributed by atoms with Gasteiger partial charge in [-0.05, 0) is 72.2 Å². The van der Waals surface area contributed by atoms with E-state index >= 15 is 0 Å². The molecule has 0 radical (unpaired) electrons. The normalized spacial score (nSPS) is 31.0. The maximum atomic E-state index is 14.1. The van der Waals surface area contributed by atoms with Crippen molar-refractivity contribution in [2.45, 2.75) is 70.5 Å². The van der Waals surface area contributed by atoms with Gasteiger partial charge in [-0.2, -0.15) is 0 Å². The number of Topliss-reactive ketones (excluding diaryl/α,β-unsaturated/α-hetero) is 2. The van der Waals surface area contributed by atoms with Gasteiger partial charge < -0.3 is 31.3 Å². The van der Waals surface area contributed by atoms with Crippen LogP contribution in [0.25, 0.3) is 10.8 Å². The first-order chi connectivity index (χ1) is 18.1. The number of aliphatic hydroxyl groups excluding tert-OH is 2. The monoisotopic (exact) mass is 531 g/mol. The fourth-order valence-electron chi connectivity index (χ4n) is 8.29. The van der Waals surface area contributed by atoms with E-state index in [1.54, 1.807) is 6.07 Å². The molecule has 4 aliphatic rings. The molecule has 0 fully saturated rings. The van der Waals surface area contributed by atoms with Gasteiger partial charge in [-0.25, -0.2) is 0 Å². The fourth-order valence-corrected chi connectivity index (χ4v) is 8.29. The maximum Gasteiger partial charge on any atom is 0.208 e. The molecule has 2 aromatic carbocycles. The number of carbonyl (C=O) groups excluding carboxylic acids is 2. The van der Waals surface area contributed by atoms with Gasteiger partial charge in [-0.1, -0.05) is 32.1 Å². The Labute approximate surface area is 225 Å². The molecule has 8 nitrogen and oxygen atoms in total. The number of hydrogen-bond donors (Lipinski definition) is 6. The number of aromatic hydroxyl groups is 2. The van der Waals surface area contributed by atoms with Crippen LogP contribution in [0.2, 0.25) is 0 Å². The highest BCUT2D eigenvalue weighted by Gasteiger charge is 2.63. The molecule has 4 atom stereocenters. The van der Waals surface area contributed by atoms with Crippen LogP contribution in [0.3, 0.4) is 0 Å². The zero-order valence-corrected chi connectivity index (χ0v) is 22.5. The molecule has 0 heterocycles.